The van der Waals surface area contributed by atoms with Crippen molar-refractivity contribution in [2.75, 3.05) is 13.1 Å². The molecule has 27 heavy (non-hydrogen) atoms. The number of rotatable bonds is 5. The number of carbonyl (C=O) groups is 1. The van der Waals surface area contributed by atoms with Crippen LogP contribution in [0, 0.1) is 25.6 Å². The van der Waals surface area contributed by atoms with Crippen LogP contribution in [0.25, 0.3) is 0 Å². The van der Waals surface area contributed by atoms with Gasteiger partial charge in [0.1, 0.15) is 11.6 Å². The Kier molecular flexibility index (Phi) is 6.11. The lowest BCUT2D eigenvalue weighted by Gasteiger charge is -2.32. The smallest absolute Gasteiger partial charge is 0.224 e. The molecule has 144 valence electrons. The molecule has 1 heterocycles. The normalized spacial score (nSPS) is 17.7. The quantitative estimate of drug-likeness (QED) is 0.844. The molecule has 1 aliphatic heterocycles. The second kappa shape index (κ2) is 8.53. The molecule has 3 rings (SSSR count). The number of piperidine rings is 1. The lowest BCUT2D eigenvalue weighted by molar-refractivity contribution is -0.126. The van der Waals surface area contributed by atoms with Gasteiger partial charge < -0.3 is 10.4 Å². The van der Waals surface area contributed by atoms with Crippen molar-refractivity contribution in [1.29, 1.82) is 0 Å². The third-order valence-corrected chi connectivity index (χ3v) is 5.19. The number of likely N-dealkylation sites (tertiary alicyclic amines) is 1. The summed E-state index contributed by atoms with van der Waals surface area (Å²) in [6.45, 7) is 6.46. The highest BCUT2D eigenvalue weighted by atomic mass is 19.1. The molecular formula is C22H27FN2O2. The van der Waals surface area contributed by atoms with Crippen molar-refractivity contribution in [1.82, 2.24) is 10.2 Å². The second-order valence-corrected chi connectivity index (χ2v) is 7.50. The predicted octanol–water partition coefficient (Wildman–Crippen LogP) is 3.68. The zero-order chi connectivity index (χ0) is 19.4. The lowest BCUT2D eigenvalue weighted by atomic mass is 9.96. The molecule has 1 fully saturated rings. The van der Waals surface area contributed by atoms with Crippen LogP contribution in [-0.4, -0.2) is 29.0 Å². The Morgan fingerprint density at radius 2 is 1.96 bits per heavy atom. The van der Waals surface area contributed by atoms with Gasteiger partial charge in [-0.1, -0.05) is 24.3 Å². The average Bonchev–Trinajstić information content (AvgIpc) is 2.64. The Morgan fingerprint density at radius 3 is 2.67 bits per heavy atom. The van der Waals surface area contributed by atoms with Crippen LogP contribution in [0.4, 0.5) is 4.39 Å². The number of hydrogen-bond donors (Lipinski definition) is 2. The molecule has 4 nitrogen and oxygen atoms in total. The molecule has 1 aliphatic rings. The van der Waals surface area contributed by atoms with Crippen LogP contribution < -0.4 is 5.32 Å². The number of phenolic OH excluding ortho intramolecular Hbond substituents is 1. The maximum Gasteiger partial charge on any atom is 0.224 e. The van der Waals surface area contributed by atoms with Crippen molar-refractivity contribution in [3.8, 4) is 5.75 Å². The summed E-state index contributed by atoms with van der Waals surface area (Å²) in [6.07, 6.45) is 1.84. The van der Waals surface area contributed by atoms with Crippen LogP contribution in [-0.2, 0) is 17.9 Å². The minimum absolute atomic E-state index is 0.0494. The van der Waals surface area contributed by atoms with E-state index in [2.05, 4.69) is 10.2 Å². The van der Waals surface area contributed by atoms with E-state index in [4.69, 9.17) is 0 Å². The fourth-order valence-electron chi connectivity index (χ4n) is 3.79. The fourth-order valence-corrected chi connectivity index (χ4v) is 3.79. The monoisotopic (exact) mass is 370 g/mol. The van der Waals surface area contributed by atoms with Gasteiger partial charge in [-0.05, 0) is 67.6 Å². The van der Waals surface area contributed by atoms with E-state index >= 15 is 0 Å². The highest BCUT2D eigenvalue weighted by Gasteiger charge is 2.25. The van der Waals surface area contributed by atoms with Gasteiger partial charge >= 0.3 is 0 Å². The van der Waals surface area contributed by atoms with E-state index in [1.54, 1.807) is 12.1 Å². The van der Waals surface area contributed by atoms with E-state index in [1.807, 2.05) is 32.0 Å². The van der Waals surface area contributed by atoms with E-state index in [9.17, 15) is 14.3 Å². The minimum atomic E-state index is -0.224. The maximum atomic E-state index is 13.4. The number of halogens is 1. The number of phenols is 1. The standard InChI is InChI=1S/C22H27FN2O2/c1-15-9-18(10-16(2)21(15)26)12-24-22(27)19-6-4-8-25(14-19)13-17-5-3-7-20(23)11-17/h3,5,7,9-11,19,26H,4,6,8,12-14H2,1-2H3,(H,24,27)/t19-/m0/s1. The molecule has 0 bridgehead atoms. The van der Waals surface area contributed by atoms with Crippen molar-refractivity contribution >= 4 is 5.91 Å². The van der Waals surface area contributed by atoms with Crippen LogP contribution in [0.3, 0.4) is 0 Å². The molecule has 1 atom stereocenters. The first-order chi connectivity index (χ1) is 12.9. The summed E-state index contributed by atoms with van der Waals surface area (Å²) in [5.41, 5.74) is 3.56. The molecule has 2 aromatic rings. The zero-order valence-corrected chi connectivity index (χ0v) is 16.0. The van der Waals surface area contributed by atoms with Gasteiger partial charge in [0, 0.05) is 19.6 Å². The first-order valence-electron chi connectivity index (χ1n) is 9.46. The maximum absolute atomic E-state index is 13.4. The fraction of sp³-hybridized carbons (Fsp3) is 0.409. The number of hydrogen-bond acceptors (Lipinski definition) is 3. The second-order valence-electron chi connectivity index (χ2n) is 7.50. The number of amides is 1. The van der Waals surface area contributed by atoms with Crippen molar-refractivity contribution in [3.63, 3.8) is 0 Å². The van der Waals surface area contributed by atoms with E-state index in [0.717, 1.165) is 41.6 Å². The molecule has 1 amide bonds. The van der Waals surface area contributed by atoms with Gasteiger partial charge in [0.2, 0.25) is 5.91 Å². The van der Waals surface area contributed by atoms with Gasteiger partial charge in [0.05, 0.1) is 5.92 Å². The largest absolute Gasteiger partial charge is 0.507 e. The van der Waals surface area contributed by atoms with Crippen LogP contribution in [0.1, 0.15) is 35.1 Å². The van der Waals surface area contributed by atoms with Crippen LogP contribution in [0.5, 0.6) is 5.75 Å². The van der Waals surface area contributed by atoms with E-state index < -0.39 is 0 Å². The van der Waals surface area contributed by atoms with Gasteiger partial charge in [0.25, 0.3) is 0 Å². The summed E-state index contributed by atoms with van der Waals surface area (Å²) < 4.78 is 13.4. The number of carbonyl (C=O) groups excluding carboxylic acids is 1. The Bertz CT molecular complexity index is 799. The first-order valence-corrected chi connectivity index (χ1v) is 9.46. The highest BCUT2D eigenvalue weighted by molar-refractivity contribution is 5.79. The molecule has 2 aromatic carbocycles. The Labute approximate surface area is 160 Å². The third-order valence-electron chi connectivity index (χ3n) is 5.19. The predicted molar refractivity (Wildman–Crippen MR) is 104 cm³/mol. The van der Waals surface area contributed by atoms with Crippen molar-refractivity contribution in [3.05, 3.63) is 64.5 Å². The molecule has 2 N–H and O–H groups in total. The Balaban J connectivity index is 1.55. The minimum Gasteiger partial charge on any atom is -0.507 e. The number of aryl methyl sites for hydroxylation is 2. The van der Waals surface area contributed by atoms with E-state index in [0.29, 0.717) is 25.4 Å². The molecule has 0 spiro atoms. The number of nitrogens with zero attached hydrogens (tertiary/aromatic N) is 1. The summed E-state index contributed by atoms with van der Waals surface area (Å²) in [5, 5.41) is 12.9. The molecular weight excluding hydrogens is 343 g/mol. The van der Waals surface area contributed by atoms with Gasteiger partial charge in [-0.15, -0.1) is 0 Å². The van der Waals surface area contributed by atoms with Gasteiger partial charge in [-0.25, -0.2) is 4.39 Å². The van der Waals surface area contributed by atoms with Gasteiger partial charge in [0.15, 0.2) is 0 Å². The topological polar surface area (TPSA) is 52.6 Å². The SMILES string of the molecule is Cc1cc(CNC(=O)[C@H]2CCCN(Cc3cccc(F)c3)C2)cc(C)c1O. The Hall–Kier alpha value is -2.40. The summed E-state index contributed by atoms with van der Waals surface area (Å²) in [5.74, 6) is 0.0950. The zero-order valence-electron chi connectivity index (χ0n) is 16.0. The third kappa shape index (κ3) is 5.07. The molecule has 1 saturated heterocycles. The summed E-state index contributed by atoms with van der Waals surface area (Å²) in [7, 11) is 0. The molecule has 0 aliphatic carbocycles. The van der Waals surface area contributed by atoms with Crippen molar-refractivity contribution < 1.29 is 14.3 Å². The summed E-state index contributed by atoms with van der Waals surface area (Å²) in [6, 6.07) is 10.4. The highest BCUT2D eigenvalue weighted by Crippen LogP contribution is 2.23. The van der Waals surface area contributed by atoms with Crippen LogP contribution >= 0.6 is 0 Å². The Morgan fingerprint density at radius 1 is 1.22 bits per heavy atom. The first kappa shape index (κ1) is 19.4. The lowest BCUT2D eigenvalue weighted by Crippen LogP contribution is -2.42. The molecule has 0 saturated carbocycles. The van der Waals surface area contributed by atoms with Gasteiger partial charge in [-0.3, -0.25) is 9.69 Å². The summed E-state index contributed by atoms with van der Waals surface area (Å²) >= 11 is 0. The van der Waals surface area contributed by atoms with Crippen molar-refractivity contribution in [2.24, 2.45) is 5.92 Å². The molecule has 0 radical (unpaired) electrons. The van der Waals surface area contributed by atoms with E-state index in [1.165, 1.54) is 6.07 Å². The summed E-state index contributed by atoms with van der Waals surface area (Å²) in [4.78, 5) is 14.8. The number of benzene rings is 2. The molecule has 0 unspecified atom stereocenters. The number of nitrogens with one attached hydrogen (secondary N) is 1. The number of aromatic hydroxyl groups is 1. The van der Waals surface area contributed by atoms with Crippen molar-refractivity contribution in [2.45, 2.75) is 39.8 Å². The molecule has 5 heteroatoms. The van der Waals surface area contributed by atoms with Gasteiger partial charge in [-0.2, -0.15) is 0 Å². The van der Waals surface area contributed by atoms with E-state index in [-0.39, 0.29) is 17.6 Å². The average molecular weight is 370 g/mol. The van der Waals surface area contributed by atoms with Crippen LogP contribution in [0.2, 0.25) is 0 Å². The van der Waals surface area contributed by atoms with Crippen LogP contribution in [0.15, 0.2) is 36.4 Å². The molecule has 0 aromatic heterocycles.